The van der Waals surface area contributed by atoms with Crippen LogP contribution in [0.25, 0.3) is 0 Å². The molecule has 17 heavy (non-hydrogen) atoms. The summed E-state index contributed by atoms with van der Waals surface area (Å²) in [5.41, 5.74) is 6.40. The Balaban J connectivity index is 2.54. The third kappa shape index (κ3) is 4.40. The Morgan fingerprint density at radius 3 is 2.76 bits per heavy atom. The van der Waals surface area contributed by atoms with Crippen molar-refractivity contribution in [2.75, 3.05) is 12.3 Å². The van der Waals surface area contributed by atoms with Crippen LogP contribution >= 0.6 is 0 Å². The predicted octanol–water partition coefficient (Wildman–Crippen LogP) is 2.74. The van der Waals surface area contributed by atoms with E-state index in [1.54, 1.807) is 12.1 Å². The molecule has 0 heterocycles. The van der Waals surface area contributed by atoms with Gasteiger partial charge in [0, 0.05) is 12.7 Å². The molecule has 5 heteroatoms. The van der Waals surface area contributed by atoms with E-state index in [4.69, 9.17) is 10.5 Å². The molecule has 0 spiro atoms. The zero-order chi connectivity index (χ0) is 12.8. The lowest BCUT2D eigenvalue weighted by Gasteiger charge is -2.07. The second-order valence-electron chi connectivity index (χ2n) is 4.39. The number of ether oxygens (including phenoxy) is 1. The Labute approximate surface area is 101 Å². The Morgan fingerprint density at radius 1 is 1.47 bits per heavy atom. The number of nitrogens with two attached hydrogens (primary N) is 1. The minimum atomic E-state index is -0.479. The predicted molar refractivity (Wildman–Crippen MR) is 66.6 cm³/mol. The number of hydrogen-bond donors (Lipinski definition) is 1. The van der Waals surface area contributed by atoms with Crippen LogP contribution in [0, 0.1) is 16.0 Å². The third-order valence-corrected chi connectivity index (χ3v) is 2.40. The quantitative estimate of drug-likeness (QED) is 0.357. The SMILES string of the molecule is CC(C)CCOCc1ccc(N)c([N+](=O)[O-])c1. The number of nitrogen functional groups attached to an aromatic ring is 1. The van der Waals surface area contributed by atoms with E-state index in [1.807, 2.05) is 0 Å². The highest BCUT2D eigenvalue weighted by Crippen LogP contribution is 2.22. The van der Waals surface area contributed by atoms with Crippen molar-refractivity contribution >= 4 is 11.4 Å². The van der Waals surface area contributed by atoms with Crippen molar-refractivity contribution in [1.29, 1.82) is 0 Å². The molecule has 94 valence electrons. The molecule has 0 aromatic heterocycles. The van der Waals surface area contributed by atoms with Crippen molar-refractivity contribution in [3.63, 3.8) is 0 Å². The zero-order valence-electron chi connectivity index (χ0n) is 10.2. The normalized spacial score (nSPS) is 10.8. The average molecular weight is 238 g/mol. The van der Waals surface area contributed by atoms with Gasteiger partial charge in [-0.3, -0.25) is 10.1 Å². The van der Waals surface area contributed by atoms with Gasteiger partial charge in [-0.25, -0.2) is 0 Å². The first-order valence-corrected chi connectivity index (χ1v) is 5.61. The van der Waals surface area contributed by atoms with Crippen molar-refractivity contribution in [2.24, 2.45) is 5.92 Å². The lowest BCUT2D eigenvalue weighted by atomic mass is 10.1. The van der Waals surface area contributed by atoms with Crippen LogP contribution in [0.2, 0.25) is 0 Å². The summed E-state index contributed by atoms with van der Waals surface area (Å²) in [5, 5.41) is 10.7. The van der Waals surface area contributed by atoms with E-state index in [9.17, 15) is 10.1 Å². The molecule has 0 aliphatic rings. The molecule has 0 unspecified atom stereocenters. The largest absolute Gasteiger partial charge is 0.393 e. The van der Waals surface area contributed by atoms with Crippen molar-refractivity contribution < 1.29 is 9.66 Å². The molecular weight excluding hydrogens is 220 g/mol. The van der Waals surface area contributed by atoms with E-state index in [-0.39, 0.29) is 11.4 Å². The van der Waals surface area contributed by atoms with Crippen LogP contribution in [0.1, 0.15) is 25.8 Å². The van der Waals surface area contributed by atoms with Gasteiger partial charge in [-0.1, -0.05) is 19.9 Å². The van der Waals surface area contributed by atoms with Gasteiger partial charge < -0.3 is 10.5 Å². The van der Waals surface area contributed by atoms with E-state index in [2.05, 4.69) is 13.8 Å². The Morgan fingerprint density at radius 2 is 2.18 bits per heavy atom. The first-order chi connectivity index (χ1) is 8.00. The molecule has 1 rings (SSSR count). The molecule has 0 saturated carbocycles. The number of hydrogen-bond acceptors (Lipinski definition) is 4. The first-order valence-electron chi connectivity index (χ1n) is 5.61. The molecule has 0 atom stereocenters. The second kappa shape index (κ2) is 6.20. The maximum atomic E-state index is 10.7. The minimum Gasteiger partial charge on any atom is -0.393 e. The smallest absolute Gasteiger partial charge is 0.292 e. The molecule has 0 bridgehead atoms. The topological polar surface area (TPSA) is 78.4 Å². The van der Waals surface area contributed by atoms with Crippen molar-refractivity contribution in [1.82, 2.24) is 0 Å². The average Bonchev–Trinajstić information content (AvgIpc) is 2.25. The maximum absolute atomic E-state index is 10.7. The fourth-order valence-corrected chi connectivity index (χ4v) is 1.35. The lowest BCUT2D eigenvalue weighted by molar-refractivity contribution is -0.384. The minimum absolute atomic E-state index is 0.0602. The Kier molecular flexibility index (Phi) is 4.90. The fraction of sp³-hybridized carbons (Fsp3) is 0.500. The number of nitrogens with zero attached hydrogens (tertiary/aromatic N) is 1. The number of nitro groups is 1. The third-order valence-electron chi connectivity index (χ3n) is 2.40. The van der Waals surface area contributed by atoms with Gasteiger partial charge in [0.2, 0.25) is 0 Å². The van der Waals surface area contributed by atoms with E-state index >= 15 is 0 Å². The maximum Gasteiger partial charge on any atom is 0.292 e. The van der Waals surface area contributed by atoms with Crippen LogP contribution in [-0.4, -0.2) is 11.5 Å². The highest BCUT2D eigenvalue weighted by Gasteiger charge is 2.11. The number of nitro benzene ring substituents is 1. The standard InChI is InChI=1S/C12H18N2O3/c1-9(2)5-6-17-8-10-3-4-11(13)12(7-10)14(15)16/h3-4,7,9H,5-6,8,13H2,1-2H3. The molecule has 0 radical (unpaired) electrons. The summed E-state index contributed by atoms with van der Waals surface area (Å²) in [7, 11) is 0. The molecule has 5 nitrogen and oxygen atoms in total. The summed E-state index contributed by atoms with van der Waals surface area (Å²) in [5.74, 6) is 0.593. The van der Waals surface area contributed by atoms with Gasteiger partial charge in [0.1, 0.15) is 5.69 Å². The van der Waals surface area contributed by atoms with Gasteiger partial charge in [0.15, 0.2) is 0 Å². The van der Waals surface area contributed by atoms with E-state index in [0.29, 0.717) is 19.1 Å². The highest BCUT2D eigenvalue weighted by atomic mass is 16.6. The highest BCUT2D eigenvalue weighted by molar-refractivity contribution is 5.59. The van der Waals surface area contributed by atoms with E-state index in [0.717, 1.165) is 12.0 Å². The molecule has 0 aliphatic carbocycles. The molecule has 0 amide bonds. The zero-order valence-corrected chi connectivity index (χ0v) is 10.2. The summed E-state index contributed by atoms with van der Waals surface area (Å²) in [4.78, 5) is 10.2. The van der Waals surface area contributed by atoms with Gasteiger partial charge in [-0.05, 0) is 24.0 Å². The summed E-state index contributed by atoms with van der Waals surface area (Å²) in [6.07, 6.45) is 0.983. The monoisotopic (exact) mass is 238 g/mol. The van der Waals surface area contributed by atoms with Crippen molar-refractivity contribution in [3.8, 4) is 0 Å². The lowest BCUT2D eigenvalue weighted by Crippen LogP contribution is -2.01. The summed E-state index contributed by atoms with van der Waals surface area (Å²) >= 11 is 0. The van der Waals surface area contributed by atoms with E-state index in [1.165, 1.54) is 6.07 Å². The van der Waals surface area contributed by atoms with E-state index < -0.39 is 4.92 Å². The van der Waals surface area contributed by atoms with Crippen molar-refractivity contribution in [3.05, 3.63) is 33.9 Å². The van der Waals surface area contributed by atoms with Gasteiger partial charge >= 0.3 is 0 Å². The number of rotatable bonds is 6. The fourth-order valence-electron chi connectivity index (χ4n) is 1.35. The Hall–Kier alpha value is -1.62. The van der Waals surface area contributed by atoms with Gasteiger partial charge in [-0.2, -0.15) is 0 Å². The van der Waals surface area contributed by atoms with Crippen LogP contribution in [0.4, 0.5) is 11.4 Å². The molecule has 0 fully saturated rings. The van der Waals surface area contributed by atoms with Gasteiger partial charge in [0.25, 0.3) is 5.69 Å². The number of anilines is 1. The summed E-state index contributed by atoms with van der Waals surface area (Å²) < 4.78 is 5.44. The van der Waals surface area contributed by atoms with Crippen LogP contribution < -0.4 is 5.73 Å². The molecular formula is C12H18N2O3. The second-order valence-corrected chi connectivity index (χ2v) is 4.39. The van der Waals surface area contributed by atoms with Crippen LogP contribution in [-0.2, 0) is 11.3 Å². The van der Waals surface area contributed by atoms with Crippen LogP contribution in [0.3, 0.4) is 0 Å². The number of benzene rings is 1. The van der Waals surface area contributed by atoms with Gasteiger partial charge in [0.05, 0.1) is 11.5 Å². The molecule has 2 N–H and O–H groups in total. The van der Waals surface area contributed by atoms with Gasteiger partial charge in [-0.15, -0.1) is 0 Å². The van der Waals surface area contributed by atoms with Crippen LogP contribution in [0.15, 0.2) is 18.2 Å². The summed E-state index contributed by atoms with van der Waals surface area (Å²) in [6, 6.07) is 4.75. The molecule has 0 saturated heterocycles. The Bertz CT molecular complexity index is 391. The van der Waals surface area contributed by atoms with Crippen LogP contribution in [0.5, 0.6) is 0 Å². The molecule has 1 aromatic rings. The molecule has 0 aliphatic heterocycles. The summed E-state index contributed by atoms with van der Waals surface area (Å²) in [6.45, 7) is 5.29. The molecule has 1 aromatic carbocycles. The first kappa shape index (κ1) is 13.4. The van der Waals surface area contributed by atoms with Crippen molar-refractivity contribution in [2.45, 2.75) is 26.9 Å².